The molecule has 0 radical (unpaired) electrons. The van der Waals surface area contributed by atoms with Gasteiger partial charge in [-0.1, -0.05) is 6.42 Å². The van der Waals surface area contributed by atoms with Crippen LogP contribution in [0.2, 0.25) is 0 Å². The van der Waals surface area contributed by atoms with Gasteiger partial charge >= 0.3 is 0 Å². The van der Waals surface area contributed by atoms with Crippen LogP contribution in [-0.2, 0) is 0 Å². The fourth-order valence-electron chi connectivity index (χ4n) is 2.73. The molecule has 2 fully saturated rings. The first kappa shape index (κ1) is 11.1. The van der Waals surface area contributed by atoms with E-state index in [9.17, 15) is 0 Å². The van der Waals surface area contributed by atoms with Gasteiger partial charge in [-0.3, -0.25) is 0 Å². The average molecular weight is 227 g/mol. The molecule has 2 saturated heterocycles. The second-order valence-electron chi connectivity index (χ2n) is 4.65. The third-order valence-electron chi connectivity index (χ3n) is 3.68. The largest absolute Gasteiger partial charge is 0.376 e. The topological polar surface area (TPSA) is 32.5 Å². The van der Waals surface area contributed by atoms with Gasteiger partial charge in [-0.25, -0.2) is 0 Å². The second-order valence-corrected chi connectivity index (χ2v) is 5.07. The van der Waals surface area contributed by atoms with Gasteiger partial charge in [0.15, 0.2) is 5.11 Å². The first-order valence-corrected chi connectivity index (χ1v) is 6.46. The molecule has 0 aromatic heterocycles. The van der Waals surface area contributed by atoms with Crippen LogP contribution in [0.3, 0.4) is 0 Å². The summed E-state index contributed by atoms with van der Waals surface area (Å²) in [5.41, 5.74) is 5.63. The quantitative estimate of drug-likeness (QED) is 0.682. The van der Waals surface area contributed by atoms with Crippen LogP contribution in [0.15, 0.2) is 0 Å². The van der Waals surface area contributed by atoms with Crippen molar-refractivity contribution in [3.63, 3.8) is 0 Å². The number of nitrogens with zero attached hydrogens (tertiary/aromatic N) is 2. The third-order valence-corrected chi connectivity index (χ3v) is 3.94. The average Bonchev–Trinajstić information content (AvgIpc) is 2.30. The normalized spacial score (nSPS) is 25.5. The predicted octanol–water partition coefficient (Wildman–Crippen LogP) is 1.18. The molecule has 0 spiro atoms. The van der Waals surface area contributed by atoms with Crippen LogP contribution in [-0.4, -0.2) is 47.1 Å². The highest BCUT2D eigenvalue weighted by Gasteiger charge is 2.25. The Balaban J connectivity index is 1.79. The van der Waals surface area contributed by atoms with Gasteiger partial charge in [-0.15, -0.1) is 0 Å². The van der Waals surface area contributed by atoms with Crippen LogP contribution < -0.4 is 5.73 Å². The van der Waals surface area contributed by atoms with Crippen molar-refractivity contribution in [1.29, 1.82) is 0 Å². The highest BCUT2D eigenvalue weighted by atomic mass is 32.1. The lowest BCUT2D eigenvalue weighted by molar-refractivity contribution is 0.115. The SMILES string of the molecule is NC(=S)N1CCC(N2CCCCC2)CC1. The smallest absolute Gasteiger partial charge is 0.166 e. The van der Waals surface area contributed by atoms with Crippen LogP contribution in [0, 0.1) is 0 Å². The molecule has 2 aliphatic rings. The van der Waals surface area contributed by atoms with E-state index in [1.807, 2.05) is 0 Å². The minimum absolute atomic E-state index is 0.576. The molecule has 0 aromatic rings. The van der Waals surface area contributed by atoms with E-state index < -0.39 is 0 Å². The minimum atomic E-state index is 0.576. The lowest BCUT2D eigenvalue weighted by atomic mass is 10.0. The molecule has 2 heterocycles. The van der Waals surface area contributed by atoms with Crippen LogP contribution in [0.1, 0.15) is 32.1 Å². The molecule has 0 saturated carbocycles. The molecule has 2 N–H and O–H groups in total. The van der Waals surface area contributed by atoms with Crippen molar-refractivity contribution < 1.29 is 0 Å². The van der Waals surface area contributed by atoms with Crippen LogP contribution in [0.5, 0.6) is 0 Å². The molecule has 0 unspecified atom stereocenters. The van der Waals surface area contributed by atoms with Crippen LogP contribution >= 0.6 is 12.2 Å². The first-order valence-electron chi connectivity index (χ1n) is 6.06. The van der Waals surface area contributed by atoms with Crippen molar-refractivity contribution in [3.8, 4) is 0 Å². The molecule has 0 bridgehead atoms. The third kappa shape index (κ3) is 2.82. The van der Waals surface area contributed by atoms with Gasteiger partial charge in [-0.2, -0.15) is 0 Å². The lowest BCUT2D eigenvalue weighted by Gasteiger charge is -2.40. The molecule has 0 atom stereocenters. The maximum Gasteiger partial charge on any atom is 0.166 e. The number of hydrogen-bond acceptors (Lipinski definition) is 2. The van der Waals surface area contributed by atoms with E-state index in [-0.39, 0.29) is 0 Å². The van der Waals surface area contributed by atoms with Gasteiger partial charge in [-0.05, 0) is 51.0 Å². The Morgan fingerprint density at radius 2 is 1.60 bits per heavy atom. The molecule has 4 heteroatoms. The Labute approximate surface area is 97.6 Å². The number of rotatable bonds is 1. The number of likely N-dealkylation sites (tertiary alicyclic amines) is 2. The van der Waals surface area contributed by atoms with Gasteiger partial charge < -0.3 is 15.5 Å². The lowest BCUT2D eigenvalue weighted by Crippen LogP contribution is -2.49. The van der Waals surface area contributed by atoms with Gasteiger partial charge in [0.1, 0.15) is 0 Å². The predicted molar refractivity (Wildman–Crippen MR) is 66.8 cm³/mol. The van der Waals surface area contributed by atoms with Crippen molar-refractivity contribution in [1.82, 2.24) is 9.80 Å². The molecule has 2 aliphatic heterocycles. The van der Waals surface area contributed by atoms with E-state index in [1.165, 1.54) is 45.2 Å². The number of piperidine rings is 2. The summed E-state index contributed by atoms with van der Waals surface area (Å²) < 4.78 is 0. The molecule has 3 nitrogen and oxygen atoms in total. The van der Waals surface area contributed by atoms with Gasteiger partial charge in [0, 0.05) is 19.1 Å². The molecule has 0 aliphatic carbocycles. The Kier molecular flexibility index (Phi) is 3.81. The van der Waals surface area contributed by atoms with E-state index in [0.29, 0.717) is 5.11 Å². The van der Waals surface area contributed by atoms with E-state index in [0.717, 1.165) is 19.1 Å². The van der Waals surface area contributed by atoms with Crippen LogP contribution in [0.25, 0.3) is 0 Å². The highest BCUT2D eigenvalue weighted by molar-refractivity contribution is 7.80. The molecule has 0 amide bonds. The monoisotopic (exact) mass is 227 g/mol. The molecule has 86 valence electrons. The second kappa shape index (κ2) is 5.12. The van der Waals surface area contributed by atoms with Gasteiger partial charge in [0.25, 0.3) is 0 Å². The number of nitrogens with two attached hydrogens (primary N) is 1. The fraction of sp³-hybridized carbons (Fsp3) is 0.909. The van der Waals surface area contributed by atoms with Crippen molar-refractivity contribution in [3.05, 3.63) is 0 Å². The summed E-state index contributed by atoms with van der Waals surface area (Å²) >= 11 is 5.00. The zero-order chi connectivity index (χ0) is 10.7. The standard InChI is InChI=1S/C11H21N3S/c12-11(15)14-8-4-10(5-9-14)13-6-2-1-3-7-13/h10H,1-9H2,(H2,12,15). The summed E-state index contributed by atoms with van der Waals surface area (Å²) in [5, 5.41) is 0.576. The molecular formula is C11H21N3S. The highest BCUT2D eigenvalue weighted by Crippen LogP contribution is 2.20. The zero-order valence-corrected chi connectivity index (χ0v) is 10.1. The van der Waals surface area contributed by atoms with E-state index >= 15 is 0 Å². The fourth-order valence-corrected chi connectivity index (χ4v) is 2.92. The summed E-state index contributed by atoms with van der Waals surface area (Å²) in [7, 11) is 0. The van der Waals surface area contributed by atoms with E-state index in [4.69, 9.17) is 18.0 Å². The van der Waals surface area contributed by atoms with E-state index in [1.54, 1.807) is 0 Å². The van der Waals surface area contributed by atoms with Crippen molar-refractivity contribution >= 4 is 17.3 Å². The number of hydrogen-bond donors (Lipinski definition) is 1. The Bertz CT molecular complexity index is 218. The Morgan fingerprint density at radius 1 is 1.00 bits per heavy atom. The Morgan fingerprint density at radius 3 is 2.13 bits per heavy atom. The maximum atomic E-state index is 5.63. The molecule has 2 rings (SSSR count). The molecule has 0 aromatic carbocycles. The minimum Gasteiger partial charge on any atom is -0.376 e. The summed E-state index contributed by atoms with van der Waals surface area (Å²) in [4.78, 5) is 4.80. The molecular weight excluding hydrogens is 206 g/mol. The van der Waals surface area contributed by atoms with Crippen LogP contribution in [0.4, 0.5) is 0 Å². The Hall–Kier alpha value is -0.350. The van der Waals surface area contributed by atoms with Crippen molar-refractivity contribution in [2.75, 3.05) is 26.2 Å². The van der Waals surface area contributed by atoms with Gasteiger partial charge in [0.2, 0.25) is 0 Å². The summed E-state index contributed by atoms with van der Waals surface area (Å²) in [6, 6.07) is 0.788. The summed E-state index contributed by atoms with van der Waals surface area (Å²) in [6.45, 7) is 4.71. The number of thiocarbonyl (C=S) groups is 1. The van der Waals surface area contributed by atoms with Crippen molar-refractivity contribution in [2.45, 2.75) is 38.1 Å². The maximum absolute atomic E-state index is 5.63. The molecule has 15 heavy (non-hydrogen) atoms. The zero-order valence-electron chi connectivity index (χ0n) is 9.32. The van der Waals surface area contributed by atoms with Gasteiger partial charge in [0.05, 0.1) is 0 Å². The summed E-state index contributed by atoms with van der Waals surface area (Å²) in [6.07, 6.45) is 6.65. The van der Waals surface area contributed by atoms with Crippen molar-refractivity contribution in [2.24, 2.45) is 5.73 Å². The first-order chi connectivity index (χ1) is 7.27. The summed E-state index contributed by atoms with van der Waals surface area (Å²) in [5.74, 6) is 0. The van der Waals surface area contributed by atoms with E-state index in [2.05, 4.69) is 9.80 Å².